The van der Waals surface area contributed by atoms with Crippen molar-refractivity contribution < 1.29 is 19.1 Å². The van der Waals surface area contributed by atoms with Gasteiger partial charge in [-0.2, -0.15) is 0 Å². The molecule has 32 heavy (non-hydrogen) atoms. The molecule has 8 nitrogen and oxygen atoms in total. The van der Waals surface area contributed by atoms with Gasteiger partial charge in [-0.25, -0.2) is 0 Å². The van der Waals surface area contributed by atoms with Crippen LogP contribution < -0.4 is 10.1 Å². The minimum absolute atomic E-state index is 0.0966. The van der Waals surface area contributed by atoms with Crippen LogP contribution in [0.3, 0.4) is 0 Å². The number of fused-ring (bicyclic) bond motifs is 1. The zero-order valence-electron chi connectivity index (χ0n) is 18.0. The van der Waals surface area contributed by atoms with Crippen LogP contribution in [-0.2, 0) is 22.7 Å². The van der Waals surface area contributed by atoms with Crippen molar-refractivity contribution in [3.05, 3.63) is 58.9 Å². The van der Waals surface area contributed by atoms with Crippen molar-refractivity contribution >= 4 is 17.7 Å². The van der Waals surface area contributed by atoms with Crippen LogP contribution in [0.1, 0.15) is 46.4 Å². The molecule has 0 radical (unpaired) electrons. The van der Waals surface area contributed by atoms with E-state index in [2.05, 4.69) is 21.3 Å². The average Bonchev–Trinajstić information content (AvgIpc) is 3.32. The van der Waals surface area contributed by atoms with E-state index < -0.39 is 11.9 Å². The van der Waals surface area contributed by atoms with Gasteiger partial charge in [0.1, 0.15) is 17.9 Å². The van der Waals surface area contributed by atoms with Crippen LogP contribution in [0, 0.1) is 6.92 Å². The smallest absolute Gasteiger partial charge is 0.255 e. The molecule has 0 bridgehead atoms. The van der Waals surface area contributed by atoms with E-state index in [1.807, 2.05) is 31.3 Å². The lowest BCUT2D eigenvalue weighted by molar-refractivity contribution is -0.136. The molecule has 1 aromatic carbocycles. The van der Waals surface area contributed by atoms with Crippen LogP contribution in [0.25, 0.3) is 0 Å². The second-order valence-electron chi connectivity index (χ2n) is 8.79. The zero-order chi connectivity index (χ0) is 22.2. The number of carbonyl (C=O) groups is 3. The van der Waals surface area contributed by atoms with E-state index in [0.717, 1.165) is 43.1 Å². The highest BCUT2D eigenvalue weighted by atomic mass is 16.5. The fraction of sp³-hybridized carbons (Fsp3) is 0.417. The molecule has 3 aliphatic rings. The topological polar surface area (TPSA) is 91.8 Å². The number of aryl methyl sites for hydroxylation is 1. The van der Waals surface area contributed by atoms with Crippen molar-refractivity contribution in [1.29, 1.82) is 0 Å². The van der Waals surface area contributed by atoms with Gasteiger partial charge in [0.05, 0.1) is 0 Å². The molecule has 5 rings (SSSR count). The number of rotatable bonds is 5. The number of aromatic nitrogens is 1. The van der Waals surface area contributed by atoms with Crippen molar-refractivity contribution in [2.24, 2.45) is 0 Å². The number of hydrogen-bond acceptors (Lipinski definition) is 6. The Kier molecular flexibility index (Phi) is 5.38. The molecule has 2 atom stereocenters. The Morgan fingerprint density at radius 3 is 2.84 bits per heavy atom. The van der Waals surface area contributed by atoms with E-state index in [1.165, 1.54) is 5.56 Å². The van der Waals surface area contributed by atoms with Crippen molar-refractivity contribution in [3.8, 4) is 5.75 Å². The number of imide groups is 1. The monoisotopic (exact) mass is 434 g/mol. The minimum atomic E-state index is -0.600. The fourth-order valence-corrected chi connectivity index (χ4v) is 4.81. The standard InChI is InChI=1S/C24H26N4O4/c1-15-10-16(6-8-25-15)12-27-9-7-19(14-27)32-18-2-3-20-17(11-18)13-28(24(20)31)21-4-5-22(29)26-23(21)30/h2-3,6,8,10-11,19,21H,4-5,7,9,12-14H2,1H3,(H,26,29,30)/t19-,21?/m0/s1. The first-order valence-corrected chi connectivity index (χ1v) is 11.0. The molecule has 2 fully saturated rings. The molecule has 166 valence electrons. The molecule has 4 heterocycles. The third-order valence-corrected chi connectivity index (χ3v) is 6.39. The Bertz CT molecular complexity index is 1090. The first kappa shape index (κ1) is 20.6. The zero-order valence-corrected chi connectivity index (χ0v) is 18.0. The van der Waals surface area contributed by atoms with Gasteiger partial charge in [0.15, 0.2) is 0 Å². The highest BCUT2D eigenvalue weighted by molar-refractivity contribution is 6.05. The highest BCUT2D eigenvalue weighted by Crippen LogP contribution is 2.31. The van der Waals surface area contributed by atoms with Crippen LogP contribution in [0.4, 0.5) is 0 Å². The Morgan fingerprint density at radius 1 is 1.16 bits per heavy atom. The van der Waals surface area contributed by atoms with Gasteiger partial charge in [0.2, 0.25) is 11.8 Å². The van der Waals surface area contributed by atoms with Crippen LogP contribution >= 0.6 is 0 Å². The van der Waals surface area contributed by atoms with Gasteiger partial charge in [-0.1, -0.05) is 0 Å². The summed E-state index contributed by atoms with van der Waals surface area (Å²) in [7, 11) is 0. The van der Waals surface area contributed by atoms with Crippen LogP contribution in [-0.4, -0.2) is 57.7 Å². The lowest BCUT2D eigenvalue weighted by Gasteiger charge is -2.29. The molecule has 3 aliphatic heterocycles. The molecular formula is C24H26N4O4. The number of piperidine rings is 1. The number of nitrogens with one attached hydrogen (secondary N) is 1. The van der Waals surface area contributed by atoms with E-state index in [-0.39, 0.29) is 24.3 Å². The van der Waals surface area contributed by atoms with Gasteiger partial charge in [-0.15, -0.1) is 0 Å². The van der Waals surface area contributed by atoms with Crippen molar-refractivity contribution in [2.75, 3.05) is 13.1 Å². The first-order chi connectivity index (χ1) is 15.5. The lowest BCUT2D eigenvalue weighted by atomic mass is 10.0. The summed E-state index contributed by atoms with van der Waals surface area (Å²) in [5.41, 5.74) is 3.73. The highest BCUT2D eigenvalue weighted by Gasteiger charge is 2.39. The van der Waals surface area contributed by atoms with Crippen molar-refractivity contribution in [1.82, 2.24) is 20.1 Å². The largest absolute Gasteiger partial charge is 0.489 e. The van der Waals surface area contributed by atoms with Gasteiger partial charge in [-0.3, -0.25) is 29.6 Å². The Labute approximate surface area is 186 Å². The molecule has 3 amide bonds. The first-order valence-electron chi connectivity index (χ1n) is 11.0. The number of carbonyl (C=O) groups excluding carboxylic acids is 3. The minimum Gasteiger partial charge on any atom is -0.489 e. The Morgan fingerprint density at radius 2 is 2.03 bits per heavy atom. The number of ether oxygens (including phenoxy) is 1. The molecule has 1 N–H and O–H groups in total. The normalized spacial score (nSPS) is 23.4. The third kappa shape index (κ3) is 4.10. The van der Waals surface area contributed by atoms with Gasteiger partial charge < -0.3 is 9.64 Å². The predicted octanol–water partition coefficient (Wildman–Crippen LogP) is 1.80. The average molecular weight is 434 g/mol. The van der Waals surface area contributed by atoms with Crippen molar-refractivity contribution in [2.45, 2.75) is 51.4 Å². The van der Waals surface area contributed by atoms with E-state index in [0.29, 0.717) is 18.5 Å². The second-order valence-corrected chi connectivity index (χ2v) is 8.79. The van der Waals surface area contributed by atoms with Gasteiger partial charge in [0.25, 0.3) is 5.91 Å². The molecule has 0 spiro atoms. The van der Waals surface area contributed by atoms with E-state index >= 15 is 0 Å². The molecule has 0 saturated carbocycles. The van der Waals surface area contributed by atoms with E-state index in [4.69, 9.17) is 4.74 Å². The quantitative estimate of drug-likeness (QED) is 0.722. The van der Waals surface area contributed by atoms with Gasteiger partial charge in [-0.05, 0) is 61.2 Å². The summed E-state index contributed by atoms with van der Waals surface area (Å²) in [6, 6.07) is 9.09. The van der Waals surface area contributed by atoms with E-state index in [9.17, 15) is 14.4 Å². The second kappa shape index (κ2) is 8.35. The molecule has 1 aromatic heterocycles. The molecule has 2 aromatic rings. The molecule has 1 unspecified atom stereocenters. The number of benzene rings is 1. The van der Waals surface area contributed by atoms with Crippen LogP contribution in [0.5, 0.6) is 5.75 Å². The molecule has 8 heteroatoms. The molecule has 2 saturated heterocycles. The summed E-state index contributed by atoms with van der Waals surface area (Å²) in [6.45, 7) is 5.05. The summed E-state index contributed by atoms with van der Waals surface area (Å²) < 4.78 is 6.24. The predicted molar refractivity (Wildman–Crippen MR) is 116 cm³/mol. The summed E-state index contributed by atoms with van der Waals surface area (Å²) in [4.78, 5) is 44.7. The number of nitrogens with zero attached hydrogens (tertiary/aromatic N) is 3. The van der Waals surface area contributed by atoms with E-state index in [1.54, 1.807) is 11.0 Å². The summed E-state index contributed by atoms with van der Waals surface area (Å²) in [5, 5.41) is 2.33. The number of likely N-dealkylation sites (tertiary alicyclic amines) is 1. The Hall–Kier alpha value is -3.26. The molecular weight excluding hydrogens is 408 g/mol. The SMILES string of the molecule is Cc1cc(CN2CC[C@H](Oc3ccc4c(c3)CN(C3CCC(=O)NC3=O)C4=O)C2)ccn1. The Balaban J connectivity index is 1.21. The molecule has 0 aliphatic carbocycles. The summed E-state index contributed by atoms with van der Waals surface area (Å²) >= 11 is 0. The maximum absolute atomic E-state index is 12.8. The number of pyridine rings is 1. The maximum atomic E-state index is 12.8. The van der Waals surface area contributed by atoms with Gasteiger partial charge >= 0.3 is 0 Å². The lowest BCUT2D eigenvalue weighted by Crippen LogP contribution is -2.52. The van der Waals surface area contributed by atoms with Crippen LogP contribution in [0.2, 0.25) is 0 Å². The van der Waals surface area contributed by atoms with Crippen molar-refractivity contribution in [3.63, 3.8) is 0 Å². The maximum Gasteiger partial charge on any atom is 0.255 e. The third-order valence-electron chi connectivity index (χ3n) is 6.39. The number of amides is 3. The summed E-state index contributed by atoms with van der Waals surface area (Å²) in [5.74, 6) is -0.0981. The number of hydrogen-bond donors (Lipinski definition) is 1. The fourth-order valence-electron chi connectivity index (χ4n) is 4.81. The van der Waals surface area contributed by atoms with Crippen LogP contribution in [0.15, 0.2) is 36.5 Å². The summed E-state index contributed by atoms with van der Waals surface area (Å²) in [6.07, 6.45) is 3.51. The van der Waals surface area contributed by atoms with Gasteiger partial charge in [0, 0.05) is 50.1 Å².